The van der Waals surface area contributed by atoms with Crippen LogP contribution in [-0.2, 0) is 4.74 Å². The Hall–Kier alpha value is -3.51. The first kappa shape index (κ1) is 22.5. The lowest BCUT2D eigenvalue weighted by Crippen LogP contribution is -2.04. The number of nitrogens with zero attached hydrogens (tertiary/aromatic N) is 3. The monoisotopic (exact) mass is 380 g/mol. The van der Waals surface area contributed by atoms with Gasteiger partial charge in [-0.05, 0) is 31.2 Å². The van der Waals surface area contributed by atoms with E-state index >= 15 is 0 Å². The molecule has 0 bridgehead atoms. The van der Waals surface area contributed by atoms with Gasteiger partial charge in [0.25, 0.3) is 11.4 Å². The Kier molecular flexibility index (Phi) is 9.62. The molecule has 0 radical (unpaired) electrons. The van der Waals surface area contributed by atoms with E-state index in [9.17, 15) is 20.2 Å². The highest BCUT2D eigenvalue weighted by atomic mass is 35.5. The topological polar surface area (TPSA) is 143 Å². The third-order valence-electron chi connectivity index (χ3n) is 2.84. The van der Waals surface area contributed by atoms with E-state index < -0.39 is 9.85 Å². The summed E-state index contributed by atoms with van der Waals surface area (Å²) in [4.78, 5) is 19.5. The van der Waals surface area contributed by atoms with Crippen LogP contribution in [0.1, 0.15) is 18.1 Å². The number of nitrogens with one attached hydrogen (secondary N) is 1. The van der Waals surface area contributed by atoms with Gasteiger partial charge in [0.05, 0.1) is 28.1 Å². The van der Waals surface area contributed by atoms with Crippen molar-refractivity contribution in [2.75, 3.05) is 6.61 Å². The van der Waals surface area contributed by atoms with Crippen molar-refractivity contribution in [2.24, 2.45) is 0 Å². The van der Waals surface area contributed by atoms with E-state index in [1.54, 1.807) is 6.92 Å². The van der Waals surface area contributed by atoms with Crippen molar-refractivity contribution in [1.29, 1.82) is 10.7 Å². The maximum Gasteiger partial charge on any atom is 0.269 e. The zero-order chi connectivity index (χ0) is 18.8. The van der Waals surface area contributed by atoms with Crippen molar-refractivity contribution in [1.82, 2.24) is 0 Å². The predicted octanol–water partition coefficient (Wildman–Crippen LogP) is 3.84. The van der Waals surface area contributed by atoms with Crippen LogP contribution in [0.3, 0.4) is 0 Å². The number of halogens is 1. The molecule has 0 aliphatic rings. The molecule has 0 spiro atoms. The summed E-state index contributed by atoms with van der Waals surface area (Å²) < 4.78 is 4.94. The van der Waals surface area contributed by atoms with Crippen LogP contribution in [0.25, 0.3) is 0 Å². The van der Waals surface area contributed by atoms with E-state index in [2.05, 4.69) is 0 Å². The Morgan fingerprint density at radius 2 is 1.46 bits per heavy atom. The minimum absolute atomic E-state index is 0. The Bertz CT molecular complexity index is 801. The molecule has 0 saturated heterocycles. The number of nitro benzene ring substituents is 2. The van der Waals surface area contributed by atoms with Crippen LogP contribution in [0.2, 0.25) is 0 Å². The molecule has 1 N–H and O–H groups in total. The molecular weight excluding hydrogens is 366 g/mol. The molecule has 2 aromatic carbocycles. The number of hydrogen-bond donors (Lipinski definition) is 1. The van der Waals surface area contributed by atoms with Crippen molar-refractivity contribution in [2.45, 2.75) is 6.92 Å². The lowest BCUT2D eigenvalue weighted by atomic mass is 10.2. The van der Waals surface area contributed by atoms with Gasteiger partial charge in [-0.1, -0.05) is 0 Å². The number of benzene rings is 2. The van der Waals surface area contributed by atoms with Crippen LogP contribution in [0.5, 0.6) is 0 Å². The fourth-order valence-corrected chi connectivity index (χ4v) is 1.62. The van der Waals surface area contributed by atoms with Gasteiger partial charge in [0.1, 0.15) is 0 Å². The van der Waals surface area contributed by atoms with Crippen molar-refractivity contribution in [3.05, 3.63) is 79.9 Å². The van der Waals surface area contributed by atoms with Crippen LogP contribution in [0, 0.1) is 37.0 Å². The Balaban J connectivity index is 0.000000475. The summed E-state index contributed by atoms with van der Waals surface area (Å²) in [7, 11) is 0. The highest BCUT2D eigenvalue weighted by molar-refractivity contribution is 5.91. The summed E-state index contributed by atoms with van der Waals surface area (Å²) in [5, 5.41) is 36.2. The van der Waals surface area contributed by atoms with Crippen LogP contribution in [-0.4, -0.2) is 22.4 Å². The number of nitriles is 1. The quantitative estimate of drug-likeness (QED) is 0.280. The van der Waals surface area contributed by atoms with Crippen molar-refractivity contribution < 1.29 is 14.6 Å². The molecule has 0 unspecified atom stereocenters. The van der Waals surface area contributed by atoms with Crippen LogP contribution >= 0.6 is 12.4 Å². The number of non-ortho nitro benzene ring substituents is 2. The van der Waals surface area contributed by atoms with E-state index in [1.165, 1.54) is 48.5 Å². The van der Waals surface area contributed by atoms with Gasteiger partial charge in [-0.25, -0.2) is 0 Å². The van der Waals surface area contributed by atoms with Crippen LogP contribution < -0.4 is 0 Å². The van der Waals surface area contributed by atoms with E-state index in [4.69, 9.17) is 15.4 Å². The minimum atomic E-state index is -0.499. The summed E-state index contributed by atoms with van der Waals surface area (Å²) in [6, 6.07) is 13.0. The second-order valence-corrected chi connectivity index (χ2v) is 4.48. The molecule has 0 saturated carbocycles. The number of nitro groups is 2. The van der Waals surface area contributed by atoms with Crippen molar-refractivity contribution in [3.8, 4) is 6.07 Å². The van der Waals surface area contributed by atoms with Crippen LogP contribution in [0.15, 0.2) is 48.5 Å². The molecule has 2 rings (SSSR count). The number of hydrogen-bond acceptors (Lipinski definition) is 7. The highest BCUT2D eigenvalue weighted by Crippen LogP contribution is 2.12. The minimum Gasteiger partial charge on any atom is -0.478 e. The first-order valence-corrected chi connectivity index (χ1v) is 6.99. The Morgan fingerprint density at radius 3 is 1.81 bits per heavy atom. The summed E-state index contributed by atoms with van der Waals surface area (Å²) in [6.45, 7) is 2.19. The van der Waals surface area contributed by atoms with E-state index in [-0.39, 0.29) is 29.7 Å². The number of ether oxygens (including phenoxy) is 1. The van der Waals surface area contributed by atoms with E-state index in [1.807, 2.05) is 6.07 Å². The second-order valence-electron chi connectivity index (χ2n) is 4.48. The summed E-state index contributed by atoms with van der Waals surface area (Å²) in [6.07, 6.45) is 0. The fourth-order valence-electron chi connectivity index (χ4n) is 1.62. The summed E-state index contributed by atoms with van der Waals surface area (Å²) >= 11 is 0. The van der Waals surface area contributed by atoms with Gasteiger partial charge in [-0.2, -0.15) is 5.26 Å². The normalized spacial score (nSPS) is 8.77. The fraction of sp³-hybridized carbons (Fsp3) is 0.125. The molecule has 0 amide bonds. The molecule has 0 aliphatic heterocycles. The van der Waals surface area contributed by atoms with Crippen molar-refractivity contribution >= 4 is 29.7 Å². The van der Waals surface area contributed by atoms with Gasteiger partial charge >= 0.3 is 0 Å². The maximum absolute atomic E-state index is 10.3. The average molecular weight is 381 g/mol. The number of rotatable bonds is 4. The summed E-state index contributed by atoms with van der Waals surface area (Å²) in [5.41, 5.74) is 0.982. The molecule has 0 aliphatic carbocycles. The zero-order valence-corrected chi connectivity index (χ0v) is 14.4. The second kappa shape index (κ2) is 11.1. The summed E-state index contributed by atoms with van der Waals surface area (Å²) in [5.74, 6) is 0.0300. The molecule has 9 nitrogen and oxygen atoms in total. The third kappa shape index (κ3) is 6.94. The van der Waals surface area contributed by atoms with Gasteiger partial charge in [-0.15, -0.1) is 12.4 Å². The molecular formula is C16H15ClN4O5. The molecule has 26 heavy (non-hydrogen) atoms. The standard InChI is InChI=1S/C9H10N2O3.C7H4N2O2.ClH/c1-2-14-9(10)7-3-5-8(6-4-7)11(12)13;8-5-6-1-3-7(4-2-6)9(10)11;/h3-6,10H,2H2,1H3;1-4H;1H/i10+1;8+1;. The smallest absolute Gasteiger partial charge is 0.269 e. The highest BCUT2D eigenvalue weighted by Gasteiger charge is 2.06. The van der Waals surface area contributed by atoms with Crippen molar-refractivity contribution in [3.63, 3.8) is 0 Å². The average Bonchev–Trinajstić information content (AvgIpc) is 2.62. The zero-order valence-electron chi connectivity index (χ0n) is 13.6. The Labute approximate surface area is 155 Å². The molecule has 2 aromatic rings. The maximum atomic E-state index is 10.3. The molecule has 0 aromatic heterocycles. The lowest BCUT2D eigenvalue weighted by molar-refractivity contribution is -0.385. The van der Waals surface area contributed by atoms with E-state index in [0.29, 0.717) is 17.7 Å². The SMILES string of the molecule is CCOC(=[15NH])c1ccc([N+](=O)[O-])cc1.Cl.[15N]#Cc1ccc([N+](=O)[O-])cc1. The molecule has 0 fully saturated rings. The Morgan fingerprint density at radius 1 is 1.04 bits per heavy atom. The van der Waals surface area contributed by atoms with Gasteiger partial charge in [0.15, 0.2) is 0 Å². The molecule has 136 valence electrons. The predicted molar refractivity (Wildman–Crippen MR) is 96.6 cm³/mol. The van der Waals surface area contributed by atoms with Gasteiger partial charge in [-0.3, -0.25) is 25.6 Å². The van der Waals surface area contributed by atoms with Crippen LogP contribution in [0.4, 0.5) is 11.4 Å². The van der Waals surface area contributed by atoms with Gasteiger partial charge < -0.3 is 4.74 Å². The largest absolute Gasteiger partial charge is 0.478 e. The first-order valence-electron chi connectivity index (χ1n) is 6.99. The van der Waals surface area contributed by atoms with Gasteiger partial charge in [0, 0.05) is 29.8 Å². The van der Waals surface area contributed by atoms with E-state index in [0.717, 1.165) is 0 Å². The first-order chi connectivity index (χ1) is 11.9. The van der Waals surface area contributed by atoms with Gasteiger partial charge in [0.2, 0.25) is 5.90 Å². The lowest BCUT2D eigenvalue weighted by Gasteiger charge is -2.03. The molecule has 10 heteroatoms. The third-order valence-corrected chi connectivity index (χ3v) is 2.84. The molecule has 0 heterocycles. The molecule has 0 atom stereocenters.